The van der Waals surface area contributed by atoms with E-state index in [0.29, 0.717) is 25.7 Å². The van der Waals surface area contributed by atoms with Gasteiger partial charge in [0.05, 0.1) is 0 Å². The molecule has 0 radical (unpaired) electrons. The lowest BCUT2D eigenvalue weighted by Crippen LogP contribution is -2.30. The molecule has 0 aromatic heterocycles. The third-order valence-electron chi connectivity index (χ3n) is 2.87. The maximum absolute atomic E-state index is 11.6. The van der Waals surface area contributed by atoms with Crippen molar-refractivity contribution in [1.29, 1.82) is 0 Å². The molecule has 0 saturated carbocycles. The summed E-state index contributed by atoms with van der Waals surface area (Å²) in [7, 11) is 0. The van der Waals surface area contributed by atoms with E-state index in [9.17, 15) is 4.79 Å². The molecule has 0 aromatic rings. The van der Waals surface area contributed by atoms with Crippen molar-refractivity contribution in [3.8, 4) is 0 Å². The van der Waals surface area contributed by atoms with E-state index in [4.69, 9.17) is 9.47 Å². The van der Waals surface area contributed by atoms with Gasteiger partial charge in [-0.05, 0) is 31.8 Å². The van der Waals surface area contributed by atoms with Crippen LogP contribution in [-0.4, -0.2) is 38.8 Å². The Bertz CT molecular complexity index is 272. The zero-order valence-electron chi connectivity index (χ0n) is 9.33. The highest BCUT2D eigenvalue weighted by Crippen LogP contribution is 2.11. The standard InChI is InChI=1S/C11H18N2O3/c14-11(10-8-15-5-6-16-10)13-4-2-9-1-3-12-7-9/h8-9,12H,1-7H2,(H,13,14). The van der Waals surface area contributed by atoms with Crippen LogP contribution in [0.15, 0.2) is 12.0 Å². The predicted molar refractivity (Wildman–Crippen MR) is 58.6 cm³/mol. The molecule has 0 aromatic carbocycles. The van der Waals surface area contributed by atoms with E-state index < -0.39 is 0 Å². The monoisotopic (exact) mass is 226 g/mol. The molecule has 90 valence electrons. The molecular formula is C11H18N2O3. The van der Waals surface area contributed by atoms with Crippen molar-refractivity contribution in [1.82, 2.24) is 10.6 Å². The van der Waals surface area contributed by atoms with Gasteiger partial charge in [0, 0.05) is 6.54 Å². The number of nitrogens with one attached hydrogen (secondary N) is 2. The summed E-state index contributed by atoms with van der Waals surface area (Å²) in [4.78, 5) is 11.6. The summed E-state index contributed by atoms with van der Waals surface area (Å²) in [5, 5.41) is 6.14. The van der Waals surface area contributed by atoms with E-state index in [1.165, 1.54) is 12.7 Å². The summed E-state index contributed by atoms with van der Waals surface area (Å²) in [6, 6.07) is 0. The fourth-order valence-electron chi connectivity index (χ4n) is 1.93. The molecule has 5 nitrogen and oxygen atoms in total. The molecule has 1 unspecified atom stereocenters. The van der Waals surface area contributed by atoms with Gasteiger partial charge in [-0.25, -0.2) is 0 Å². The molecule has 1 saturated heterocycles. The van der Waals surface area contributed by atoms with Gasteiger partial charge in [0.25, 0.3) is 5.91 Å². The largest absolute Gasteiger partial charge is 0.494 e. The number of hydrogen-bond donors (Lipinski definition) is 2. The molecule has 2 aliphatic heterocycles. The molecular weight excluding hydrogens is 208 g/mol. The van der Waals surface area contributed by atoms with Crippen molar-refractivity contribution in [3.63, 3.8) is 0 Å². The van der Waals surface area contributed by atoms with Gasteiger partial charge in [0.1, 0.15) is 19.5 Å². The van der Waals surface area contributed by atoms with Gasteiger partial charge in [0.15, 0.2) is 0 Å². The minimum Gasteiger partial charge on any atom is -0.494 e. The van der Waals surface area contributed by atoms with E-state index >= 15 is 0 Å². The quantitative estimate of drug-likeness (QED) is 0.708. The van der Waals surface area contributed by atoms with E-state index in [1.807, 2.05) is 0 Å². The Morgan fingerprint density at radius 3 is 3.19 bits per heavy atom. The topological polar surface area (TPSA) is 59.6 Å². The number of carbonyl (C=O) groups excluding carboxylic acids is 1. The Kier molecular flexibility index (Phi) is 4.04. The number of carbonyl (C=O) groups is 1. The Hall–Kier alpha value is -1.23. The van der Waals surface area contributed by atoms with E-state index in [-0.39, 0.29) is 11.7 Å². The number of amides is 1. The molecule has 2 rings (SSSR count). The van der Waals surface area contributed by atoms with Crippen LogP contribution in [0.2, 0.25) is 0 Å². The van der Waals surface area contributed by atoms with Crippen molar-refractivity contribution in [2.45, 2.75) is 12.8 Å². The average molecular weight is 226 g/mol. The molecule has 2 N–H and O–H groups in total. The first-order chi connectivity index (χ1) is 7.86. The highest BCUT2D eigenvalue weighted by molar-refractivity contribution is 5.91. The van der Waals surface area contributed by atoms with Gasteiger partial charge in [-0.1, -0.05) is 0 Å². The molecule has 0 bridgehead atoms. The first-order valence-corrected chi connectivity index (χ1v) is 5.80. The minimum atomic E-state index is -0.175. The summed E-state index contributed by atoms with van der Waals surface area (Å²) in [6.45, 7) is 3.83. The van der Waals surface area contributed by atoms with Crippen LogP contribution >= 0.6 is 0 Å². The molecule has 1 atom stereocenters. The zero-order chi connectivity index (χ0) is 11.2. The smallest absolute Gasteiger partial charge is 0.289 e. The van der Waals surface area contributed by atoms with Crippen molar-refractivity contribution in [2.24, 2.45) is 5.92 Å². The van der Waals surface area contributed by atoms with Crippen LogP contribution in [0.3, 0.4) is 0 Å². The van der Waals surface area contributed by atoms with Crippen LogP contribution in [-0.2, 0) is 14.3 Å². The molecule has 5 heteroatoms. The summed E-state index contributed by atoms with van der Waals surface area (Å²) < 4.78 is 10.2. The Morgan fingerprint density at radius 2 is 2.50 bits per heavy atom. The predicted octanol–water partition coefficient (Wildman–Crippen LogP) is -0.00960. The molecule has 2 aliphatic rings. The fourth-order valence-corrected chi connectivity index (χ4v) is 1.93. The maximum atomic E-state index is 11.6. The minimum absolute atomic E-state index is 0.175. The van der Waals surface area contributed by atoms with Crippen molar-refractivity contribution < 1.29 is 14.3 Å². The summed E-state index contributed by atoms with van der Waals surface area (Å²) in [5.41, 5.74) is 0. The third kappa shape index (κ3) is 3.13. The van der Waals surface area contributed by atoms with Gasteiger partial charge in [0.2, 0.25) is 5.76 Å². The first kappa shape index (κ1) is 11.3. The summed E-state index contributed by atoms with van der Waals surface area (Å²) >= 11 is 0. The van der Waals surface area contributed by atoms with Crippen molar-refractivity contribution in [3.05, 3.63) is 12.0 Å². The van der Waals surface area contributed by atoms with Crippen molar-refractivity contribution in [2.75, 3.05) is 32.8 Å². The van der Waals surface area contributed by atoms with Crippen LogP contribution in [0.4, 0.5) is 0 Å². The second-order valence-electron chi connectivity index (χ2n) is 4.10. The van der Waals surface area contributed by atoms with Gasteiger partial charge in [-0.3, -0.25) is 4.79 Å². The van der Waals surface area contributed by atoms with Gasteiger partial charge < -0.3 is 20.1 Å². The third-order valence-corrected chi connectivity index (χ3v) is 2.87. The van der Waals surface area contributed by atoms with Crippen molar-refractivity contribution >= 4 is 5.91 Å². The van der Waals surface area contributed by atoms with Gasteiger partial charge in [-0.2, -0.15) is 0 Å². The van der Waals surface area contributed by atoms with E-state index in [1.54, 1.807) is 0 Å². The van der Waals surface area contributed by atoms with Crippen LogP contribution in [0.1, 0.15) is 12.8 Å². The lowest BCUT2D eigenvalue weighted by atomic mass is 10.1. The van der Waals surface area contributed by atoms with Gasteiger partial charge in [-0.15, -0.1) is 0 Å². The molecule has 16 heavy (non-hydrogen) atoms. The average Bonchev–Trinajstić information content (AvgIpc) is 2.83. The second-order valence-corrected chi connectivity index (χ2v) is 4.10. The highest BCUT2D eigenvalue weighted by Gasteiger charge is 2.17. The van der Waals surface area contributed by atoms with Gasteiger partial charge >= 0.3 is 0 Å². The maximum Gasteiger partial charge on any atom is 0.289 e. The highest BCUT2D eigenvalue weighted by atomic mass is 16.6. The number of rotatable bonds is 4. The molecule has 1 fully saturated rings. The lowest BCUT2D eigenvalue weighted by Gasteiger charge is -2.15. The SMILES string of the molecule is O=C(NCCC1CCNC1)C1=COCCO1. The number of hydrogen-bond acceptors (Lipinski definition) is 4. The molecule has 0 aliphatic carbocycles. The first-order valence-electron chi connectivity index (χ1n) is 5.80. The van der Waals surface area contributed by atoms with E-state index in [0.717, 1.165) is 19.5 Å². The molecule has 0 spiro atoms. The van der Waals surface area contributed by atoms with Crippen LogP contribution in [0.25, 0.3) is 0 Å². The normalized spacial score (nSPS) is 24.2. The van der Waals surface area contributed by atoms with Crippen LogP contribution < -0.4 is 10.6 Å². The Balaban J connectivity index is 1.65. The lowest BCUT2D eigenvalue weighted by molar-refractivity contribution is -0.122. The fraction of sp³-hybridized carbons (Fsp3) is 0.727. The Morgan fingerprint density at radius 1 is 1.56 bits per heavy atom. The summed E-state index contributed by atoms with van der Waals surface area (Å²) in [5.74, 6) is 0.805. The Labute approximate surface area is 95.2 Å². The second kappa shape index (κ2) is 5.75. The molecule has 1 amide bonds. The van der Waals surface area contributed by atoms with Crippen LogP contribution in [0, 0.1) is 5.92 Å². The zero-order valence-corrected chi connectivity index (χ0v) is 9.33. The van der Waals surface area contributed by atoms with E-state index in [2.05, 4.69) is 10.6 Å². The summed E-state index contributed by atoms with van der Waals surface area (Å²) in [6.07, 6.45) is 3.61. The van der Waals surface area contributed by atoms with Crippen LogP contribution in [0.5, 0.6) is 0 Å². The molecule has 2 heterocycles. The number of ether oxygens (including phenoxy) is 2.